The summed E-state index contributed by atoms with van der Waals surface area (Å²) >= 11 is 1.51. The van der Waals surface area contributed by atoms with Crippen LogP contribution in [0.15, 0.2) is 46.7 Å². The first-order valence-corrected chi connectivity index (χ1v) is 8.33. The Kier molecular flexibility index (Phi) is 4.37. The molecule has 0 fully saturated rings. The normalized spacial score (nSPS) is 11.8. The largest absolute Gasteiger partial charge is 0.295 e. The summed E-state index contributed by atoms with van der Waals surface area (Å²) in [5.41, 5.74) is 0.399. The highest BCUT2D eigenvalue weighted by Crippen LogP contribution is 2.20. The summed E-state index contributed by atoms with van der Waals surface area (Å²) < 4.78 is 26.2. The first kappa shape index (κ1) is 14.9. The summed E-state index contributed by atoms with van der Waals surface area (Å²) in [6.07, 6.45) is 0. The summed E-state index contributed by atoms with van der Waals surface area (Å²) in [5.74, 6) is -0.150. The van der Waals surface area contributed by atoms with Crippen LogP contribution in [0.1, 0.15) is 22.2 Å². The number of Topliss-reactive ketones (excluding diaryl/α,β-unsaturated/α-hetero) is 1. The van der Waals surface area contributed by atoms with Gasteiger partial charge in [-0.25, -0.2) is 8.42 Å². The molecule has 0 aliphatic heterocycles. The predicted molar refractivity (Wildman–Crippen MR) is 79.4 cm³/mol. The number of carbonyl (C=O) groups excluding carboxylic acids is 1. The Bertz CT molecular complexity index is 706. The van der Waals surface area contributed by atoms with Gasteiger partial charge in [0.1, 0.15) is 0 Å². The molecule has 0 amide bonds. The second-order valence-corrected chi connectivity index (χ2v) is 7.50. The van der Waals surface area contributed by atoms with E-state index in [1.165, 1.54) is 41.7 Å². The molecule has 0 radical (unpaired) electrons. The number of rotatable bonds is 5. The summed E-state index contributed by atoms with van der Waals surface area (Å²) in [4.78, 5) is 12.5. The molecule has 1 aromatic heterocycles. The highest BCUT2D eigenvalue weighted by atomic mass is 32.2. The molecule has 0 saturated carbocycles. The molecule has 0 saturated heterocycles. The van der Waals surface area contributed by atoms with E-state index in [0.29, 0.717) is 12.1 Å². The second-order valence-electron chi connectivity index (χ2n) is 4.42. The maximum atomic E-state index is 12.5. The zero-order valence-corrected chi connectivity index (χ0v) is 12.9. The zero-order chi connectivity index (χ0) is 14.8. The van der Waals surface area contributed by atoms with E-state index in [9.17, 15) is 13.2 Å². The van der Waals surface area contributed by atoms with Crippen molar-refractivity contribution >= 4 is 27.1 Å². The number of ketones is 1. The van der Waals surface area contributed by atoms with Crippen LogP contribution < -0.4 is 0 Å². The van der Waals surface area contributed by atoms with Gasteiger partial charge in [0.05, 0.1) is 4.90 Å². The van der Waals surface area contributed by atoms with E-state index in [-0.39, 0.29) is 10.7 Å². The fraction of sp³-hybridized carbons (Fsp3) is 0.214. The van der Waals surface area contributed by atoms with Gasteiger partial charge in [-0.05, 0) is 30.5 Å². The number of thiophene rings is 1. The first-order chi connectivity index (χ1) is 9.41. The lowest BCUT2D eigenvalue weighted by Crippen LogP contribution is -2.26. The van der Waals surface area contributed by atoms with Crippen LogP contribution in [0.3, 0.4) is 0 Å². The third kappa shape index (κ3) is 3.15. The molecule has 20 heavy (non-hydrogen) atoms. The molecule has 0 aliphatic carbocycles. The number of nitrogens with zero attached hydrogens (tertiary/aromatic N) is 1. The predicted octanol–water partition coefficient (Wildman–Crippen LogP) is 2.77. The van der Waals surface area contributed by atoms with Gasteiger partial charge in [0.2, 0.25) is 10.0 Å². The average molecular weight is 309 g/mol. The summed E-state index contributed by atoms with van der Waals surface area (Å²) in [6, 6.07) is 9.90. The molecule has 6 heteroatoms. The van der Waals surface area contributed by atoms with E-state index in [1.54, 1.807) is 12.1 Å². The summed E-state index contributed by atoms with van der Waals surface area (Å²) in [5, 5.41) is 1.91. The maximum absolute atomic E-state index is 12.5. The van der Waals surface area contributed by atoms with Gasteiger partial charge in [0.25, 0.3) is 0 Å². The maximum Gasteiger partial charge on any atom is 0.243 e. The van der Waals surface area contributed by atoms with E-state index < -0.39 is 10.0 Å². The zero-order valence-electron chi connectivity index (χ0n) is 11.2. The molecule has 1 heterocycles. The molecular weight excluding hydrogens is 294 g/mol. The number of hydrogen-bond donors (Lipinski definition) is 0. The molecule has 106 valence electrons. The van der Waals surface area contributed by atoms with Gasteiger partial charge in [0, 0.05) is 24.0 Å². The molecule has 0 N–H and O–H groups in total. The van der Waals surface area contributed by atoms with Crippen LogP contribution in [0.4, 0.5) is 0 Å². The summed E-state index contributed by atoms with van der Waals surface area (Å²) in [7, 11) is -2.05. The Morgan fingerprint density at radius 3 is 2.60 bits per heavy atom. The van der Waals surface area contributed by atoms with Crippen molar-refractivity contribution in [3.63, 3.8) is 0 Å². The molecule has 0 atom stereocenters. The van der Waals surface area contributed by atoms with Gasteiger partial charge in [-0.2, -0.15) is 4.31 Å². The number of carbonyl (C=O) groups is 1. The van der Waals surface area contributed by atoms with Crippen LogP contribution in [0, 0.1) is 0 Å². The van der Waals surface area contributed by atoms with Crippen LogP contribution in [-0.4, -0.2) is 25.6 Å². The lowest BCUT2D eigenvalue weighted by molar-refractivity contribution is 0.101. The average Bonchev–Trinajstić information content (AvgIpc) is 2.91. The lowest BCUT2D eigenvalue weighted by atomic mass is 10.2. The van der Waals surface area contributed by atoms with Crippen molar-refractivity contribution in [2.75, 3.05) is 7.05 Å². The quantitative estimate of drug-likeness (QED) is 0.798. The molecule has 0 unspecified atom stereocenters. The summed E-state index contributed by atoms with van der Waals surface area (Å²) in [6.45, 7) is 1.74. The van der Waals surface area contributed by atoms with Crippen LogP contribution in [0.25, 0.3) is 0 Å². The van der Waals surface area contributed by atoms with E-state index >= 15 is 0 Å². The van der Waals surface area contributed by atoms with Crippen LogP contribution in [0.2, 0.25) is 0 Å². The van der Waals surface area contributed by atoms with Gasteiger partial charge >= 0.3 is 0 Å². The minimum atomic E-state index is -3.58. The Morgan fingerprint density at radius 2 is 2.00 bits per heavy atom. The van der Waals surface area contributed by atoms with Gasteiger partial charge in [-0.3, -0.25) is 4.79 Å². The fourth-order valence-electron chi connectivity index (χ4n) is 1.76. The van der Waals surface area contributed by atoms with Crippen molar-refractivity contribution < 1.29 is 13.2 Å². The van der Waals surface area contributed by atoms with Crippen molar-refractivity contribution in [2.24, 2.45) is 0 Å². The van der Waals surface area contributed by atoms with E-state index in [2.05, 4.69) is 0 Å². The standard InChI is InChI=1S/C14H15NO3S2/c1-11(16)12-5-3-7-14(9-12)20(17,18)15(2)10-13-6-4-8-19-13/h3-9H,10H2,1-2H3. The third-order valence-corrected chi connectivity index (χ3v) is 5.57. The minimum absolute atomic E-state index is 0.143. The molecule has 2 aromatic rings. The molecule has 0 spiro atoms. The molecule has 4 nitrogen and oxygen atoms in total. The van der Waals surface area contributed by atoms with E-state index in [4.69, 9.17) is 0 Å². The topological polar surface area (TPSA) is 54.5 Å². The molecular formula is C14H15NO3S2. The third-order valence-electron chi connectivity index (χ3n) is 2.91. The van der Waals surface area contributed by atoms with Crippen LogP contribution in [-0.2, 0) is 16.6 Å². The van der Waals surface area contributed by atoms with Gasteiger partial charge in [0.15, 0.2) is 5.78 Å². The Labute approximate surface area is 122 Å². The van der Waals surface area contributed by atoms with Gasteiger partial charge in [-0.15, -0.1) is 11.3 Å². The molecule has 0 aliphatic rings. The van der Waals surface area contributed by atoms with Crippen molar-refractivity contribution in [3.05, 3.63) is 52.2 Å². The molecule has 2 rings (SSSR count). The van der Waals surface area contributed by atoms with E-state index in [0.717, 1.165) is 4.88 Å². The monoisotopic (exact) mass is 309 g/mol. The minimum Gasteiger partial charge on any atom is -0.295 e. The molecule has 1 aromatic carbocycles. The van der Waals surface area contributed by atoms with Gasteiger partial charge < -0.3 is 0 Å². The van der Waals surface area contributed by atoms with Crippen LogP contribution >= 0.6 is 11.3 Å². The van der Waals surface area contributed by atoms with Crippen molar-refractivity contribution in [1.82, 2.24) is 4.31 Å². The lowest BCUT2D eigenvalue weighted by Gasteiger charge is -2.16. The van der Waals surface area contributed by atoms with Crippen molar-refractivity contribution in [2.45, 2.75) is 18.4 Å². The van der Waals surface area contributed by atoms with Crippen molar-refractivity contribution in [1.29, 1.82) is 0 Å². The molecule has 0 bridgehead atoms. The number of benzene rings is 1. The fourth-order valence-corrected chi connectivity index (χ4v) is 3.80. The second kappa shape index (κ2) is 5.87. The SMILES string of the molecule is CC(=O)c1cccc(S(=O)(=O)N(C)Cc2cccs2)c1. The Balaban J connectivity index is 2.29. The van der Waals surface area contributed by atoms with Crippen LogP contribution in [0.5, 0.6) is 0 Å². The van der Waals surface area contributed by atoms with Crippen molar-refractivity contribution in [3.8, 4) is 0 Å². The smallest absolute Gasteiger partial charge is 0.243 e. The number of hydrogen-bond acceptors (Lipinski definition) is 4. The number of sulfonamides is 1. The van der Waals surface area contributed by atoms with Gasteiger partial charge in [-0.1, -0.05) is 18.2 Å². The Morgan fingerprint density at radius 1 is 1.25 bits per heavy atom. The highest BCUT2D eigenvalue weighted by molar-refractivity contribution is 7.89. The Hall–Kier alpha value is -1.50. The van der Waals surface area contributed by atoms with E-state index in [1.807, 2.05) is 17.5 Å². The highest BCUT2D eigenvalue weighted by Gasteiger charge is 2.21. The first-order valence-electron chi connectivity index (χ1n) is 6.01.